The topological polar surface area (TPSA) is 50.1 Å². The molecule has 4 aliphatic rings. The fraction of sp³-hybridized carbons (Fsp3) is 0.391. The molecule has 1 aromatic carbocycles. The predicted molar refractivity (Wildman–Crippen MR) is 121 cm³/mol. The van der Waals surface area contributed by atoms with Crippen LogP contribution in [0.2, 0.25) is 0 Å². The Kier molecular flexibility index (Phi) is 4.27. The lowest BCUT2D eigenvalue weighted by molar-refractivity contribution is 0.148. The lowest BCUT2D eigenvalue weighted by Gasteiger charge is -2.32. The number of likely N-dealkylation sites (N-methyl/N-ethyl adjacent to an activating group) is 1. The zero-order valence-corrected chi connectivity index (χ0v) is 17.7. The number of nitrogens with one attached hydrogen (secondary N) is 3. The standard InChI is InChI=1S/C23H27N5S/c1-27-6-8-28(9-7-27)14-15-2-3-18-17(10-15)11-19-22(18)25-26-23(19)20-12-16-4-5-24-13-21(16)29-20/h2-3,10-12,24-26H,4-9,13-14H2,1H3. The number of thiophene rings is 1. The number of H-pyrrole nitrogens is 2. The van der Waals surface area contributed by atoms with Gasteiger partial charge in [-0.2, -0.15) is 0 Å². The third kappa shape index (κ3) is 3.11. The Hall–Kier alpha value is -2.12. The van der Waals surface area contributed by atoms with E-state index >= 15 is 0 Å². The molecule has 0 unspecified atom stereocenters. The summed E-state index contributed by atoms with van der Waals surface area (Å²) < 4.78 is 0. The minimum absolute atomic E-state index is 1.01. The molecule has 1 aliphatic carbocycles. The van der Waals surface area contributed by atoms with Gasteiger partial charge in [0.25, 0.3) is 0 Å². The van der Waals surface area contributed by atoms with Crippen molar-refractivity contribution in [1.82, 2.24) is 25.3 Å². The first-order valence-electron chi connectivity index (χ1n) is 10.6. The van der Waals surface area contributed by atoms with Crippen molar-refractivity contribution in [2.75, 3.05) is 39.8 Å². The van der Waals surface area contributed by atoms with E-state index in [2.05, 4.69) is 62.7 Å². The van der Waals surface area contributed by atoms with Gasteiger partial charge in [0.15, 0.2) is 0 Å². The van der Waals surface area contributed by atoms with Crippen molar-refractivity contribution >= 4 is 22.1 Å². The molecule has 1 fully saturated rings. The maximum atomic E-state index is 3.49. The second-order valence-corrected chi connectivity index (χ2v) is 9.68. The summed E-state index contributed by atoms with van der Waals surface area (Å²) in [5.41, 5.74) is 6.69. The molecule has 2 aromatic rings. The molecule has 0 saturated carbocycles. The molecule has 0 spiro atoms. The molecule has 150 valence electrons. The van der Waals surface area contributed by atoms with E-state index in [0.29, 0.717) is 0 Å². The van der Waals surface area contributed by atoms with Crippen molar-refractivity contribution in [3.63, 3.8) is 0 Å². The largest absolute Gasteiger partial charge is 0.312 e. The first-order chi connectivity index (χ1) is 14.2. The zero-order valence-electron chi connectivity index (χ0n) is 16.8. The number of hydrogen-bond acceptors (Lipinski definition) is 4. The molecule has 6 rings (SSSR count). The quantitative estimate of drug-likeness (QED) is 0.487. The molecular weight excluding hydrogens is 378 g/mol. The highest BCUT2D eigenvalue weighted by atomic mass is 32.1. The summed E-state index contributed by atoms with van der Waals surface area (Å²) in [6, 6.07) is 11.7. The molecule has 3 N–H and O–H groups in total. The van der Waals surface area contributed by atoms with E-state index < -0.39 is 0 Å². The highest BCUT2D eigenvalue weighted by molar-refractivity contribution is 7.15. The van der Waals surface area contributed by atoms with Crippen LogP contribution in [0.3, 0.4) is 0 Å². The Morgan fingerprint density at radius 2 is 1.86 bits per heavy atom. The zero-order chi connectivity index (χ0) is 19.4. The second kappa shape index (κ2) is 6.99. The van der Waals surface area contributed by atoms with Crippen molar-refractivity contribution in [2.24, 2.45) is 0 Å². The fourth-order valence-electron chi connectivity index (χ4n) is 4.79. The molecule has 0 amide bonds. The van der Waals surface area contributed by atoms with E-state index in [1.165, 1.54) is 61.7 Å². The molecule has 1 saturated heterocycles. The third-order valence-electron chi connectivity index (χ3n) is 6.54. The number of aromatic nitrogens is 2. The van der Waals surface area contributed by atoms with Crippen molar-refractivity contribution in [2.45, 2.75) is 19.5 Å². The Morgan fingerprint density at radius 3 is 2.72 bits per heavy atom. The average molecular weight is 406 g/mol. The van der Waals surface area contributed by atoms with Crippen LogP contribution in [0.15, 0.2) is 30.3 Å². The molecule has 0 radical (unpaired) electrons. The lowest BCUT2D eigenvalue weighted by Crippen LogP contribution is -2.43. The van der Waals surface area contributed by atoms with Gasteiger partial charge in [0.1, 0.15) is 0 Å². The van der Waals surface area contributed by atoms with Gasteiger partial charge in [0.05, 0.1) is 16.3 Å². The number of rotatable bonds is 3. The molecule has 5 nitrogen and oxygen atoms in total. The summed E-state index contributed by atoms with van der Waals surface area (Å²) in [6.07, 6.45) is 1.14. The van der Waals surface area contributed by atoms with Crippen LogP contribution in [-0.4, -0.2) is 59.8 Å². The molecule has 0 bridgehead atoms. The Labute approximate surface area is 175 Å². The summed E-state index contributed by atoms with van der Waals surface area (Å²) in [6.45, 7) is 7.80. The van der Waals surface area contributed by atoms with E-state index in [4.69, 9.17) is 0 Å². The number of hydrogen-bond donors (Lipinski definition) is 3. The first-order valence-corrected chi connectivity index (χ1v) is 11.4. The highest BCUT2D eigenvalue weighted by Crippen LogP contribution is 2.42. The van der Waals surface area contributed by atoms with E-state index in [-0.39, 0.29) is 0 Å². The van der Waals surface area contributed by atoms with Crippen LogP contribution >= 0.6 is 11.3 Å². The predicted octanol–water partition coefficient (Wildman–Crippen LogP) is 3.72. The Bertz CT molecular complexity index is 1100. The van der Waals surface area contributed by atoms with E-state index in [9.17, 15) is 0 Å². The number of aromatic amines is 2. The first kappa shape index (κ1) is 17.7. The Balaban J connectivity index is 1.32. The third-order valence-corrected chi connectivity index (χ3v) is 7.73. The highest BCUT2D eigenvalue weighted by Gasteiger charge is 2.22. The van der Waals surface area contributed by atoms with Gasteiger partial charge in [-0.1, -0.05) is 12.1 Å². The smallest absolute Gasteiger partial charge is 0.0806 e. The molecule has 6 heteroatoms. The molecular formula is C23H27N5S. The maximum Gasteiger partial charge on any atom is 0.0806 e. The van der Waals surface area contributed by atoms with Crippen molar-refractivity contribution in [3.05, 3.63) is 46.3 Å². The van der Waals surface area contributed by atoms with Gasteiger partial charge in [-0.05, 0) is 54.7 Å². The fourth-order valence-corrected chi connectivity index (χ4v) is 5.98. The van der Waals surface area contributed by atoms with Crippen LogP contribution in [0.4, 0.5) is 0 Å². The molecule has 1 aromatic heterocycles. The molecule has 29 heavy (non-hydrogen) atoms. The number of nitrogens with zero attached hydrogens (tertiary/aromatic N) is 2. The maximum absolute atomic E-state index is 3.49. The van der Waals surface area contributed by atoms with Gasteiger partial charge in [0.2, 0.25) is 0 Å². The van der Waals surface area contributed by atoms with Crippen molar-refractivity contribution < 1.29 is 0 Å². The average Bonchev–Trinajstić information content (AvgIpc) is 3.42. The normalized spacial score (nSPS) is 18.7. The summed E-state index contributed by atoms with van der Waals surface area (Å²) in [4.78, 5) is 7.81. The molecule has 3 aliphatic heterocycles. The van der Waals surface area contributed by atoms with Crippen molar-refractivity contribution in [1.29, 1.82) is 0 Å². The second-order valence-electron chi connectivity index (χ2n) is 8.54. The summed E-state index contributed by atoms with van der Waals surface area (Å²) in [5.74, 6) is 0. The Morgan fingerprint density at radius 1 is 1.00 bits per heavy atom. The van der Waals surface area contributed by atoms with Crippen LogP contribution in [0, 0.1) is 0 Å². The molecule has 4 heterocycles. The minimum Gasteiger partial charge on any atom is -0.312 e. The van der Waals surface area contributed by atoms with Gasteiger partial charge in [-0.15, -0.1) is 11.3 Å². The van der Waals surface area contributed by atoms with Gasteiger partial charge in [-0.3, -0.25) is 15.1 Å². The van der Waals surface area contributed by atoms with Crippen molar-refractivity contribution in [3.8, 4) is 21.8 Å². The van der Waals surface area contributed by atoms with E-state index in [0.717, 1.165) is 39.1 Å². The van der Waals surface area contributed by atoms with Crippen LogP contribution in [0.1, 0.15) is 16.0 Å². The summed E-state index contributed by atoms with van der Waals surface area (Å²) in [5, 5.41) is 13.0. The van der Waals surface area contributed by atoms with Gasteiger partial charge >= 0.3 is 0 Å². The van der Waals surface area contributed by atoms with Crippen LogP contribution < -0.4 is 5.32 Å². The number of piperazine rings is 1. The van der Waals surface area contributed by atoms with Gasteiger partial charge < -0.3 is 10.2 Å². The van der Waals surface area contributed by atoms with E-state index in [1.54, 1.807) is 0 Å². The monoisotopic (exact) mass is 405 g/mol. The van der Waals surface area contributed by atoms with E-state index in [1.807, 2.05) is 11.3 Å². The van der Waals surface area contributed by atoms with Gasteiger partial charge in [-0.25, -0.2) is 0 Å². The van der Waals surface area contributed by atoms with Crippen LogP contribution in [0.25, 0.3) is 32.6 Å². The summed E-state index contributed by atoms with van der Waals surface area (Å²) in [7, 11) is 2.21. The summed E-state index contributed by atoms with van der Waals surface area (Å²) >= 11 is 1.92. The van der Waals surface area contributed by atoms with Gasteiger partial charge in [0, 0.05) is 55.1 Å². The lowest BCUT2D eigenvalue weighted by atomic mass is 10.1. The SMILES string of the molecule is CN1CCN(Cc2ccc3c4[nH][nH]c(-c5cc6c(s5)CNCC6)c-4cc3c2)CC1. The molecule has 0 atom stereocenters. The number of fused-ring (bicyclic) bond motifs is 4. The minimum atomic E-state index is 1.01. The van der Waals surface area contributed by atoms with Crippen LogP contribution in [-0.2, 0) is 19.5 Å². The number of benzene rings is 1. The van der Waals surface area contributed by atoms with Crippen LogP contribution in [0.5, 0.6) is 0 Å².